The molecule has 1 atom stereocenters. The molecule has 0 spiro atoms. The molecule has 3 aromatic rings. The number of hydrogen-bond donors (Lipinski definition) is 1. The first kappa shape index (κ1) is 17.6. The van der Waals surface area contributed by atoms with E-state index in [1.54, 1.807) is 21.3 Å². The Morgan fingerprint density at radius 2 is 1.61 bits per heavy atom. The second-order valence-electron chi connectivity index (χ2n) is 7.65. The Balaban J connectivity index is 1.85. The number of nitrogens with zero attached hydrogens (tertiary/aromatic N) is 1. The molecule has 0 amide bonds. The van der Waals surface area contributed by atoms with Gasteiger partial charge in [0.15, 0.2) is 11.5 Å². The van der Waals surface area contributed by atoms with Gasteiger partial charge in [0.2, 0.25) is 0 Å². The van der Waals surface area contributed by atoms with Crippen LogP contribution >= 0.6 is 0 Å². The van der Waals surface area contributed by atoms with Crippen molar-refractivity contribution < 1.29 is 14.2 Å². The molecule has 0 saturated carbocycles. The molecule has 5 rings (SSSR count). The molecule has 1 saturated heterocycles. The molecular formula is C23H26N2O3. The van der Waals surface area contributed by atoms with Gasteiger partial charge < -0.3 is 19.5 Å². The minimum Gasteiger partial charge on any atom is -0.497 e. The molecule has 0 bridgehead atoms. The van der Waals surface area contributed by atoms with Crippen LogP contribution in [0.4, 0.5) is 0 Å². The molecule has 1 N–H and O–H groups in total. The van der Waals surface area contributed by atoms with Crippen LogP contribution in [0.25, 0.3) is 21.5 Å². The first-order chi connectivity index (χ1) is 13.7. The van der Waals surface area contributed by atoms with Crippen molar-refractivity contribution in [1.29, 1.82) is 0 Å². The third-order valence-electron chi connectivity index (χ3n) is 6.33. The van der Waals surface area contributed by atoms with E-state index in [0.29, 0.717) is 6.04 Å². The van der Waals surface area contributed by atoms with Crippen molar-refractivity contribution in [1.82, 2.24) is 10.2 Å². The average Bonchev–Trinajstić information content (AvgIpc) is 2.76. The molecule has 2 aliphatic heterocycles. The van der Waals surface area contributed by atoms with Crippen LogP contribution in [-0.2, 0) is 13.0 Å². The fraction of sp³-hybridized carbons (Fsp3) is 0.391. The van der Waals surface area contributed by atoms with E-state index in [1.807, 2.05) is 0 Å². The number of benzene rings is 3. The molecule has 5 nitrogen and oxygen atoms in total. The van der Waals surface area contributed by atoms with E-state index >= 15 is 0 Å². The van der Waals surface area contributed by atoms with Crippen LogP contribution in [0.1, 0.15) is 11.1 Å². The highest BCUT2D eigenvalue weighted by Crippen LogP contribution is 2.43. The summed E-state index contributed by atoms with van der Waals surface area (Å²) in [7, 11) is 5.11. The van der Waals surface area contributed by atoms with E-state index in [2.05, 4.69) is 40.5 Å². The molecular weight excluding hydrogens is 352 g/mol. The van der Waals surface area contributed by atoms with Crippen LogP contribution in [0, 0.1) is 0 Å². The van der Waals surface area contributed by atoms with E-state index in [0.717, 1.165) is 49.8 Å². The molecule has 0 radical (unpaired) electrons. The van der Waals surface area contributed by atoms with E-state index in [9.17, 15) is 0 Å². The summed E-state index contributed by atoms with van der Waals surface area (Å²) in [6, 6.07) is 11.2. The van der Waals surface area contributed by atoms with Gasteiger partial charge in [-0.2, -0.15) is 0 Å². The number of ether oxygens (including phenoxy) is 3. The van der Waals surface area contributed by atoms with Crippen LogP contribution in [0.15, 0.2) is 30.3 Å². The van der Waals surface area contributed by atoms with Gasteiger partial charge in [0.1, 0.15) is 5.75 Å². The number of hydrogen-bond acceptors (Lipinski definition) is 5. The number of nitrogens with one attached hydrogen (secondary N) is 1. The minimum absolute atomic E-state index is 0.549. The van der Waals surface area contributed by atoms with E-state index in [-0.39, 0.29) is 0 Å². The zero-order chi connectivity index (χ0) is 19.3. The number of fused-ring (bicyclic) bond motifs is 7. The maximum absolute atomic E-state index is 5.63. The summed E-state index contributed by atoms with van der Waals surface area (Å²) in [5.41, 5.74) is 2.88. The lowest BCUT2D eigenvalue weighted by atomic mass is 9.84. The Morgan fingerprint density at radius 1 is 0.857 bits per heavy atom. The highest BCUT2D eigenvalue weighted by molar-refractivity contribution is 6.12. The van der Waals surface area contributed by atoms with Gasteiger partial charge >= 0.3 is 0 Å². The third-order valence-corrected chi connectivity index (χ3v) is 6.33. The normalized spacial score (nSPS) is 19.3. The molecule has 0 aromatic heterocycles. The molecule has 5 heteroatoms. The van der Waals surface area contributed by atoms with Gasteiger partial charge in [-0.3, -0.25) is 4.90 Å². The summed E-state index contributed by atoms with van der Waals surface area (Å²) in [6.07, 6.45) is 1.05. The van der Waals surface area contributed by atoms with Gasteiger partial charge in [-0.15, -0.1) is 0 Å². The molecule has 2 heterocycles. The Labute approximate surface area is 165 Å². The Bertz CT molecular complexity index is 1060. The average molecular weight is 378 g/mol. The highest BCUT2D eigenvalue weighted by atomic mass is 16.5. The monoisotopic (exact) mass is 378 g/mol. The molecule has 28 heavy (non-hydrogen) atoms. The molecule has 146 valence electrons. The van der Waals surface area contributed by atoms with Crippen LogP contribution in [0.2, 0.25) is 0 Å². The summed E-state index contributed by atoms with van der Waals surface area (Å²) < 4.78 is 16.8. The maximum Gasteiger partial charge on any atom is 0.161 e. The van der Waals surface area contributed by atoms with Crippen LogP contribution in [0.3, 0.4) is 0 Å². The van der Waals surface area contributed by atoms with Gasteiger partial charge in [-0.25, -0.2) is 0 Å². The molecule has 0 aliphatic carbocycles. The third kappa shape index (κ3) is 2.61. The Morgan fingerprint density at radius 3 is 2.36 bits per heavy atom. The summed E-state index contributed by atoms with van der Waals surface area (Å²) >= 11 is 0. The standard InChI is InChI=1S/C23H26N2O3/c1-26-15-4-5-16-18(9-15)20-11-23(28-3)22(27-2)10-19(20)17-8-14-12-24-6-7-25(14)13-21(16)17/h4-5,9-11,14,24H,6-8,12-13H2,1-3H3/t14-/m0/s1. The summed E-state index contributed by atoms with van der Waals surface area (Å²) in [5, 5.41) is 8.54. The lowest BCUT2D eigenvalue weighted by molar-refractivity contribution is 0.141. The second-order valence-corrected chi connectivity index (χ2v) is 7.65. The summed E-state index contributed by atoms with van der Waals surface area (Å²) in [4.78, 5) is 2.62. The fourth-order valence-corrected chi connectivity index (χ4v) is 4.88. The van der Waals surface area contributed by atoms with Crippen molar-refractivity contribution in [3.63, 3.8) is 0 Å². The van der Waals surface area contributed by atoms with Crippen LogP contribution in [0.5, 0.6) is 17.2 Å². The summed E-state index contributed by atoms with van der Waals surface area (Å²) in [6.45, 7) is 4.21. The highest BCUT2D eigenvalue weighted by Gasteiger charge is 2.31. The number of rotatable bonds is 3. The molecule has 0 unspecified atom stereocenters. The van der Waals surface area contributed by atoms with Gasteiger partial charge in [0.25, 0.3) is 0 Å². The quantitative estimate of drug-likeness (QED) is 0.708. The lowest BCUT2D eigenvalue weighted by Gasteiger charge is -2.41. The zero-order valence-corrected chi connectivity index (χ0v) is 16.7. The van der Waals surface area contributed by atoms with E-state index in [1.165, 1.54) is 32.7 Å². The van der Waals surface area contributed by atoms with Crippen LogP contribution in [-0.4, -0.2) is 51.9 Å². The molecule has 2 aliphatic rings. The first-order valence-corrected chi connectivity index (χ1v) is 9.85. The van der Waals surface area contributed by atoms with Gasteiger partial charge in [0.05, 0.1) is 21.3 Å². The van der Waals surface area contributed by atoms with Crippen molar-refractivity contribution in [2.45, 2.75) is 19.0 Å². The smallest absolute Gasteiger partial charge is 0.161 e. The van der Waals surface area contributed by atoms with Gasteiger partial charge in [0, 0.05) is 32.2 Å². The first-order valence-electron chi connectivity index (χ1n) is 9.85. The van der Waals surface area contributed by atoms with Crippen molar-refractivity contribution in [2.75, 3.05) is 41.0 Å². The van der Waals surface area contributed by atoms with E-state index < -0.39 is 0 Å². The fourth-order valence-electron chi connectivity index (χ4n) is 4.88. The predicted molar refractivity (Wildman–Crippen MR) is 112 cm³/mol. The van der Waals surface area contributed by atoms with Gasteiger partial charge in [-0.1, -0.05) is 6.07 Å². The van der Waals surface area contributed by atoms with Crippen molar-refractivity contribution >= 4 is 21.5 Å². The second kappa shape index (κ2) is 6.83. The van der Waals surface area contributed by atoms with Crippen molar-refractivity contribution in [3.05, 3.63) is 41.5 Å². The maximum atomic E-state index is 5.63. The zero-order valence-electron chi connectivity index (χ0n) is 16.7. The van der Waals surface area contributed by atoms with Crippen molar-refractivity contribution in [2.24, 2.45) is 0 Å². The topological polar surface area (TPSA) is 43.0 Å². The number of piperazine rings is 1. The Hall–Kier alpha value is -2.50. The molecule has 1 fully saturated rings. The van der Waals surface area contributed by atoms with Crippen LogP contribution < -0.4 is 19.5 Å². The molecule has 3 aromatic carbocycles. The summed E-state index contributed by atoms with van der Waals surface area (Å²) in [5.74, 6) is 2.42. The number of methoxy groups -OCH3 is 3. The SMILES string of the molecule is COc1ccc2c3c(c4cc(OC)c(OC)cc4c2c1)C[C@H]1CNCCN1C3. The predicted octanol–water partition coefficient (Wildman–Crippen LogP) is 3.35. The Kier molecular flexibility index (Phi) is 4.29. The van der Waals surface area contributed by atoms with E-state index in [4.69, 9.17) is 14.2 Å². The van der Waals surface area contributed by atoms with Gasteiger partial charge in [-0.05, 0) is 63.4 Å². The van der Waals surface area contributed by atoms with Crippen molar-refractivity contribution in [3.8, 4) is 17.2 Å². The minimum atomic E-state index is 0.549. The largest absolute Gasteiger partial charge is 0.497 e. The lowest BCUT2D eigenvalue weighted by Crippen LogP contribution is -2.53.